The Morgan fingerprint density at radius 3 is 2.89 bits per heavy atom. The number of hydrogen-bond donors (Lipinski definition) is 2. The summed E-state index contributed by atoms with van der Waals surface area (Å²) in [6.07, 6.45) is 2.71. The first-order valence-electron chi connectivity index (χ1n) is 10.9. The van der Waals surface area contributed by atoms with E-state index in [2.05, 4.69) is 51.8 Å². The van der Waals surface area contributed by atoms with E-state index in [-0.39, 0.29) is 0 Å². The van der Waals surface area contributed by atoms with Crippen molar-refractivity contribution in [2.45, 2.75) is 32.7 Å². The molecular weight excluding hydrogens is 370 g/mol. The summed E-state index contributed by atoms with van der Waals surface area (Å²) in [5.74, 6) is 1.76. The van der Waals surface area contributed by atoms with Crippen LogP contribution in [0.15, 0.2) is 22.5 Å². The van der Waals surface area contributed by atoms with Gasteiger partial charge in [0.2, 0.25) is 0 Å². The summed E-state index contributed by atoms with van der Waals surface area (Å²) in [5, 5.41) is 9.12. The van der Waals surface area contributed by atoms with Gasteiger partial charge >= 0.3 is 0 Å². The first-order valence-corrected chi connectivity index (χ1v) is 11.7. The fourth-order valence-corrected chi connectivity index (χ4v) is 4.95. The lowest BCUT2D eigenvalue weighted by Gasteiger charge is -2.33. The number of piperidine rings is 1. The van der Waals surface area contributed by atoms with E-state index in [9.17, 15) is 0 Å². The number of ether oxygens (including phenoxy) is 1. The van der Waals surface area contributed by atoms with Crippen molar-refractivity contribution in [2.24, 2.45) is 10.9 Å². The van der Waals surface area contributed by atoms with Gasteiger partial charge in [-0.05, 0) is 43.7 Å². The Bertz CT molecular complexity index is 573. The second-order valence-electron chi connectivity index (χ2n) is 7.87. The van der Waals surface area contributed by atoms with E-state index in [0.717, 1.165) is 64.4 Å². The highest BCUT2D eigenvalue weighted by Gasteiger charge is 2.23. The van der Waals surface area contributed by atoms with Gasteiger partial charge in [0.15, 0.2) is 5.96 Å². The van der Waals surface area contributed by atoms with Crippen molar-refractivity contribution in [3.05, 3.63) is 22.4 Å². The molecule has 0 aliphatic carbocycles. The summed E-state index contributed by atoms with van der Waals surface area (Å²) in [4.78, 5) is 11.4. The number of hydrogen-bond acceptors (Lipinski definition) is 5. The third-order valence-corrected chi connectivity index (χ3v) is 6.56. The van der Waals surface area contributed by atoms with Gasteiger partial charge in [0.1, 0.15) is 0 Å². The predicted molar refractivity (Wildman–Crippen MR) is 118 cm³/mol. The second kappa shape index (κ2) is 11.8. The van der Waals surface area contributed by atoms with E-state index in [4.69, 9.17) is 9.73 Å². The minimum Gasteiger partial charge on any atom is -0.379 e. The van der Waals surface area contributed by atoms with Crippen LogP contribution in [-0.4, -0.2) is 81.3 Å². The second-order valence-corrected chi connectivity index (χ2v) is 8.85. The van der Waals surface area contributed by atoms with Crippen molar-refractivity contribution in [1.29, 1.82) is 0 Å². The molecule has 158 valence electrons. The van der Waals surface area contributed by atoms with E-state index in [1.807, 2.05) is 11.3 Å². The third kappa shape index (κ3) is 6.72. The Morgan fingerprint density at radius 2 is 2.18 bits per heavy atom. The molecule has 0 spiro atoms. The molecule has 2 fully saturated rings. The van der Waals surface area contributed by atoms with Crippen molar-refractivity contribution in [3.8, 4) is 0 Å². The molecule has 1 aromatic rings. The highest BCUT2D eigenvalue weighted by molar-refractivity contribution is 7.10. The van der Waals surface area contributed by atoms with Crippen LogP contribution in [0.5, 0.6) is 0 Å². The van der Waals surface area contributed by atoms with Crippen LogP contribution in [0, 0.1) is 5.92 Å². The van der Waals surface area contributed by atoms with Gasteiger partial charge in [-0.15, -0.1) is 11.3 Å². The Hall–Kier alpha value is -1.15. The Kier molecular flexibility index (Phi) is 9.05. The van der Waals surface area contributed by atoms with Crippen LogP contribution in [0.3, 0.4) is 0 Å². The number of guanidine groups is 1. The zero-order chi connectivity index (χ0) is 19.6. The Balaban J connectivity index is 1.54. The standard InChI is InChI=1S/C21H37N5OS/c1-3-22-21(23-8-10-25-9-4-6-18(2)17-25)24-16-19(20-7-5-15-28-20)26-11-13-27-14-12-26/h5,7,15,18-19H,3-4,6,8-14,16-17H2,1-2H3,(H2,22,23,24). The number of aliphatic imine (C=N–C) groups is 1. The molecule has 0 aromatic carbocycles. The zero-order valence-electron chi connectivity index (χ0n) is 17.5. The van der Waals surface area contributed by atoms with Gasteiger partial charge < -0.3 is 20.3 Å². The van der Waals surface area contributed by atoms with Crippen LogP contribution in [0.25, 0.3) is 0 Å². The molecule has 3 heterocycles. The maximum atomic E-state index is 5.55. The van der Waals surface area contributed by atoms with E-state index < -0.39 is 0 Å². The molecule has 2 unspecified atom stereocenters. The molecule has 2 atom stereocenters. The molecule has 1 aromatic heterocycles. The number of thiophene rings is 1. The average Bonchev–Trinajstić information content (AvgIpc) is 3.23. The molecule has 2 N–H and O–H groups in total. The van der Waals surface area contributed by atoms with Crippen LogP contribution in [0.1, 0.15) is 37.6 Å². The molecule has 0 radical (unpaired) electrons. The lowest BCUT2D eigenvalue weighted by molar-refractivity contribution is 0.0186. The maximum absolute atomic E-state index is 5.55. The molecule has 2 aliphatic rings. The zero-order valence-corrected chi connectivity index (χ0v) is 18.3. The summed E-state index contributed by atoms with van der Waals surface area (Å²) in [6.45, 7) is 14.2. The Labute approximate surface area is 174 Å². The van der Waals surface area contributed by atoms with Gasteiger partial charge in [-0.3, -0.25) is 9.89 Å². The minimum atomic E-state index is 0.335. The predicted octanol–water partition coefficient (Wildman–Crippen LogP) is 2.41. The third-order valence-electron chi connectivity index (χ3n) is 5.59. The number of morpholine rings is 1. The molecule has 2 aliphatic heterocycles. The summed E-state index contributed by atoms with van der Waals surface area (Å²) >= 11 is 1.83. The Morgan fingerprint density at radius 1 is 1.32 bits per heavy atom. The van der Waals surface area contributed by atoms with Gasteiger partial charge in [-0.2, -0.15) is 0 Å². The monoisotopic (exact) mass is 407 g/mol. The van der Waals surface area contributed by atoms with Crippen molar-refractivity contribution >= 4 is 17.3 Å². The lowest BCUT2D eigenvalue weighted by Crippen LogP contribution is -2.44. The van der Waals surface area contributed by atoms with Crippen molar-refractivity contribution in [1.82, 2.24) is 20.4 Å². The van der Waals surface area contributed by atoms with E-state index in [1.54, 1.807) is 0 Å². The number of nitrogens with zero attached hydrogens (tertiary/aromatic N) is 3. The summed E-state index contributed by atoms with van der Waals surface area (Å²) < 4.78 is 5.55. The average molecular weight is 408 g/mol. The van der Waals surface area contributed by atoms with Crippen LogP contribution in [0.2, 0.25) is 0 Å². The fourth-order valence-electron chi connectivity index (χ4n) is 4.10. The van der Waals surface area contributed by atoms with Gasteiger partial charge in [-0.1, -0.05) is 13.0 Å². The van der Waals surface area contributed by atoms with E-state index in [0.29, 0.717) is 6.04 Å². The first-order chi connectivity index (χ1) is 13.8. The largest absolute Gasteiger partial charge is 0.379 e. The number of likely N-dealkylation sites (tertiary alicyclic amines) is 1. The SMILES string of the molecule is CCNC(=NCC(c1cccs1)N1CCOCC1)NCCN1CCCC(C)C1. The van der Waals surface area contributed by atoms with Crippen molar-refractivity contribution in [3.63, 3.8) is 0 Å². The van der Waals surface area contributed by atoms with Gasteiger partial charge in [0.05, 0.1) is 25.8 Å². The van der Waals surface area contributed by atoms with Gasteiger partial charge in [-0.25, -0.2) is 0 Å². The van der Waals surface area contributed by atoms with E-state index in [1.165, 1.54) is 30.8 Å². The van der Waals surface area contributed by atoms with Crippen LogP contribution in [-0.2, 0) is 4.74 Å². The van der Waals surface area contributed by atoms with Gasteiger partial charge in [0.25, 0.3) is 0 Å². The molecule has 6 nitrogen and oxygen atoms in total. The smallest absolute Gasteiger partial charge is 0.191 e. The molecule has 2 saturated heterocycles. The topological polar surface area (TPSA) is 52.1 Å². The molecule has 3 rings (SSSR count). The lowest BCUT2D eigenvalue weighted by atomic mass is 10.0. The summed E-state index contributed by atoms with van der Waals surface area (Å²) in [6, 6.07) is 4.71. The number of rotatable bonds is 8. The first kappa shape index (κ1) is 21.6. The summed E-state index contributed by atoms with van der Waals surface area (Å²) in [5.41, 5.74) is 0. The highest BCUT2D eigenvalue weighted by Crippen LogP contribution is 2.26. The van der Waals surface area contributed by atoms with E-state index >= 15 is 0 Å². The van der Waals surface area contributed by atoms with Crippen LogP contribution < -0.4 is 10.6 Å². The fraction of sp³-hybridized carbons (Fsp3) is 0.762. The molecule has 0 amide bonds. The quantitative estimate of drug-likeness (QED) is 0.512. The van der Waals surface area contributed by atoms with Crippen LogP contribution >= 0.6 is 11.3 Å². The molecular formula is C21H37N5OS. The highest BCUT2D eigenvalue weighted by atomic mass is 32.1. The molecule has 7 heteroatoms. The normalized spacial score (nSPS) is 23.5. The summed E-state index contributed by atoms with van der Waals surface area (Å²) in [7, 11) is 0. The van der Waals surface area contributed by atoms with Crippen molar-refractivity contribution in [2.75, 3.05) is 65.6 Å². The maximum Gasteiger partial charge on any atom is 0.191 e. The molecule has 28 heavy (non-hydrogen) atoms. The number of nitrogens with one attached hydrogen (secondary N) is 2. The van der Waals surface area contributed by atoms with Gasteiger partial charge in [0, 0.05) is 44.1 Å². The molecule has 0 bridgehead atoms. The van der Waals surface area contributed by atoms with Crippen LogP contribution in [0.4, 0.5) is 0 Å². The van der Waals surface area contributed by atoms with Crippen molar-refractivity contribution < 1.29 is 4.74 Å². The molecule has 0 saturated carbocycles. The minimum absolute atomic E-state index is 0.335.